The van der Waals surface area contributed by atoms with Crippen LogP contribution in [0, 0.1) is 0 Å². The van der Waals surface area contributed by atoms with Gasteiger partial charge in [0.2, 0.25) is 0 Å². The van der Waals surface area contributed by atoms with E-state index in [1.54, 1.807) is 0 Å². The van der Waals surface area contributed by atoms with Crippen LogP contribution < -0.4 is 0 Å². The van der Waals surface area contributed by atoms with E-state index >= 15 is 0 Å². The molecule has 0 aliphatic carbocycles. The van der Waals surface area contributed by atoms with Gasteiger partial charge in [-0.2, -0.15) is 0 Å². The second-order valence-corrected chi connectivity index (χ2v) is 12.4. The number of rotatable bonds is 4. The largest absolute Gasteiger partial charge is 0.456 e. The van der Waals surface area contributed by atoms with Crippen molar-refractivity contribution in [2.24, 2.45) is 0 Å². The number of hydrogen-bond acceptors (Lipinski definition) is 1. The van der Waals surface area contributed by atoms with Gasteiger partial charge in [0.1, 0.15) is 11.2 Å². The summed E-state index contributed by atoms with van der Waals surface area (Å²) in [4.78, 5) is 0. The molecule has 1 aromatic heterocycles. The Kier molecular flexibility index (Phi) is 5.64. The molecule has 0 fully saturated rings. The van der Waals surface area contributed by atoms with Crippen LogP contribution in [-0.2, 0) is 0 Å². The Morgan fingerprint density at radius 2 is 0.787 bits per heavy atom. The fourth-order valence-electron chi connectivity index (χ4n) is 7.71. The van der Waals surface area contributed by atoms with Crippen LogP contribution in [0.25, 0.3) is 98.8 Å². The molecule has 0 amide bonds. The number of benzene rings is 9. The Hall–Kier alpha value is -6.18. The minimum absolute atomic E-state index is 0.940. The standard InChI is InChI=1S/C46H28O/c1-2-9-29(10-3-1)30-17-19-31(20-18-30)32-21-23-34(24-22-32)43-35-12-4-6-14-37(35)45(38-15-7-5-13-36(38)43)39-27-28-42-46-40(39)26-25-33-11-8-16-41(47-42)44(33)46/h1-28H. The van der Waals surface area contributed by atoms with Crippen molar-refractivity contribution >= 4 is 54.3 Å². The molecule has 0 N–H and O–H groups in total. The minimum Gasteiger partial charge on any atom is -0.456 e. The zero-order valence-corrected chi connectivity index (χ0v) is 25.6. The maximum atomic E-state index is 6.32. The van der Waals surface area contributed by atoms with Crippen LogP contribution in [0.4, 0.5) is 0 Å². The normalized spacial score (nSPS) is 11.8. The van der Waals surface area contributed by atoms with Crippen LogP contribution in [0.3, 0.4) is 0 Å². The van der Waals surface area contributed by atoms with Gasteiger partial charge in [0.15, 0.2) is 0 Å². The van der Waals surface area contributed by atoms with Crippen LogP contribution in [0.1, 0.15) is 0 Å². The van der Waals surface area contributed by atoms with Crippen LogP contribution in [0.5, 0.6) is 0 Å². The lowest BCUT2D eigenvalue weighted by atomic mass is 9.84. The van der Waals surface area contributed by atoms with Gasteiger partial charge in [-0.3, -0.25) is 0 Å². The van der Waals surface area contributed by atoms with Crippen LogP contribution in [0.2, 0.25) is 0 Å². The molecule has 10 rings (SSSR count). The molecule has 0 aliphatic heterocycles. The Bertz CT molecular complexity index is 2690. The predicted molar refractivity (Wildman–Crippen MR) is 199 cm³/mol. The van der Waals surface area contributed by atoms with Gasteiger partial charge in [0.05, 0.1) is 0 Å². The van der Waals surface area contributed by atoms with Gasteiger partial charge >= 0.3 is 0 Å². The summed E-state index contributed by atoms with van der Waals surface area (Å²) in [5, 5.41) is 9.88. The monoisotopic (exact) mass is 596 g/mol. The molecule has 0 aliphatic rings. The lowest BCUT2D eigenvalue weighted by Gasteiger charge is -2.19. The Balaban J connectivity index is 1.15. The third-order valence-corrected chi connectivity index (χ3v) is 9.86. The Labute approximate surface area is 272 Å². The van der Waals surface area contributed by atoms with Gasteiger partial charge in [-0.25, -0.2) is 0 Å². The number of furan rings is 1. The van der Waals surface area contributed by atoms with Gasteiger partial charge in [-0.15, -0.1) is 0 Å². The van der Waals surface area contributed by atoms with E-state index in [1.165, 1.54) is 87.6 Å². The van der Waals surface area contributed by atoms with E-state index in [1.807, 2.05) is 0 Å². The van der Waals surface area contributed by atoms with Gasteiger partial charge in [0.25, 0.3) is 0 Å². The maximum absolute atomic E-state index is 6.32. The number of fused-ring (bicyclic) bond motifs is 2. The van der Waals surface area contributed by atoms with Crippen molar-refractivity contribution < 1.29 is 4.42 Å². The topological polar surface area (TPSA) is 13.1 Å². The molecule has 0 radical (unpaired) electrons. The fourth-order valence-corrected chi connectivity index (χ4v) is 7.71. The summed E-state index contributed by atoms with van der Waals surface area (Å²) < 4.78 is 6.32. The molecule has 0 atom stereocenters. The van der Waals surface area contributed by atoms with Crippen molar-refractivity contribution in [3.63, 3.8) is 0 Å². The highest BCUT2D eigenvalue weighted by Crippen LogP contribution is 2.47. The van der Waals surface area contributed by atoms with E-state index in [4.69, 9.17) is 4.42 Å². The Morgan fingerprint density at radius 1 is 0.277 bits per heavy atom. The average molecular weight is 597 g/mol. The van der Waals surface area contributed by atoms with Crippen molar-refractivity contribution in [2.75, 3.05) is 0 Å². The van der Waals surface area contributed by atoms with Gasteiger partial charge in [-0.05, 0) is 95.0 Å². The van der Waals surface area contributed by atoms with Gasteiger partial charge in [0, 0.05) is 10.8 Å². The lowest BCUT2D eigenvalue weighted by Crippen LogP contribution is -1.92. The summed E-state index contributed by atoms with van der Waals surface area (Å²) in [5.41, 5.74) is 11.8. The first kappa shape index (κ1) is 26.1. The van der Waals surface area contributed by atoms with E-state index in [2.05, 4.69) is 170 Å². The smallest absolute Gasteiger partial charge is 0.136 e. The van der Waals surface area contributed by atoms with E-state index in [0.29, 0.717) is 0 Å². The molecule has 9 aromatic carbocycles. The molecule has 218 valence electrons. The maximum Gasteiger partial charge on any atom is 0.136 e. The highest BCUT2D eigenvalue weighted by Gasteiger charge is 2.21. The molecule has 1 nitrogen and oxygen atoms in total. The molecule has 0 bridgehead atoms. The lowest BCUT2D eigenvalue weighted by molar-refractivity contribution is 0.669. The minimum atomic E-state index is 0.940. The highest BCUT2D eigenvalue weighted by molar-refractivity contribution is 6.28. The van der Waals surface area contributed by atoms with Crippen LogP contribution in [0.15, 0.2) is 174 Å². The van der Waals surface area contributed by atoms with E-state index in [0.717, 1.165) is 11.2 Å². The van der Waals surface area contributed by atoms with Crippen molar-refractivity contribution in [1.29, 1.82) is 0 Å². The summed E-state index contributed by atoms with van der Waals surface area (Å²) in [6, 6.07) is 61.5. The third-order valence-electron chi connectivity index (χ3n) is 9.86. The summed E-state index contributed by atoms with van der Waals surface area (Å²) in [7, 11) is 0. The second kappa shape index (κ2) is 10.2. The average Bonchev–Trinajstić information content (AvgIpc) is 3.53. The summed E-state index contributed by atoms with van der Waals surface area (Å²) in [6.45, 7) is 0. The summed E-state index contributed by atoms with van der Waals surface area (Å²) in [6.07, 6.45) is 0. The van der Waals surface area contributed by atoms with E-state index in [9.17, 15) is 0 Å². The van der Waals surface area contributed by atoms with Gasteiger partial charge in [-0.1, -0.05) is 152 Å². The Morgan fingerprint density at radius 3 is 1.40 bits per heavy atom. The van der Waals surface area contributed by atoms with E-state index < -0.39 is 0 Å². The molecule has 10 aromatic rings. The molecular weight excluding hydrogens is 569 g/mol. The first-order valence-corrected chi connectivity index (χ1v) is 16.2. The van der Waals surface area contributed by atoms with Crippen LogP contribution in [-0.4, -0.2) is 0 Å². The zero-order valence-electron chi connectivity index (χ0n) is 25.6. The quantitative estimate of drug-likeness (QED) is 0.145. The van der Waals surface area contributed by atoms with Crippen molar-refractivity contribution in [3.05, 3.63) is 170 Å². The molecule has 0 spiro atoms. The fraction of sp³-hybridized carbons (Fsp3) is 0. The molecule has 0 saturated carbocycles. The summed E-state index contributed by atoms with van der Waals surface area (Å²) >= 11 is 0. The third kappa shape index (κ3) is 3.97. The predicted octanol–water partition coefficient (Wildman–Crippen LogP) is 13.2. The molecular formula is C46H28O. The van der Waals surface area contributed by atoms with Gasteiger partial charge < -0.3 is 4.42 Å². The molecule has 1 heteroatoms. The first-order chi connectivity index (χ1) is 23.3. The zero-order chi connectivity index (χ0) is 30.9. The van der Waals surface area contributed by atoms with Crippen molar-refractivity contribution in [2.45, 2.75) is 0 Å². The summed E-state index contributed by atoms with van der Waals surface area (Å²) in [5.74, 6) is 0. The first-order valence-electron chi connectivity index (χ1n) is 16.2. The number of hydrogen-bond donors (Lipinski definition) is 0. The van der Waals surface area contributed by atoms with Crippen molar-refractivity contribution in [3.8, 4) is 44.5 Å². The SMILES string of the molecule is c1ccc(-c2ccc(-c3ccc(-c4c5ccccc5c(-c5ccc6oc7cccc8ccc5c6c87)c5ccccc45)cc3)cc2)cc1. The van der Waals surface area contributed by atoms with E-state index in [-0.39, 0.29) is 0 Å². The second-order valence-electron chi connectivity index (χ2n) is 12.4. The molecule has 0 saturated heterocycles. The molecule has 0 unspecified atom stereocenters. The van der Waals surface area contributed by atoms with Crippen molar-refractivity contribution in [1.82, 2.24) is 0 Å². The highest BCUT2D eigenvalue weighted by atomic mass is 16.3. The molecule has 1 heterocycles. The molecule has 47 heavy (non-hydrogen) atoms. The van der Waals surface area contributed by atoms with Crippen LogP contribution >= 0.6 is 0 Å².